The summed E-state index contributed by atoms with van der Waals surface area (Å²) in [6, 6.07) is 7.06. The van der Waals surface area contributed by atoms with Gasteiger partial charge in [0.2, 0.25) is 0 Å². The van der Waals surface area contributed by atoms with Crippen LogP contribution in [-0.2, 0) is 6.42 Å². The van der Waals surface area contributed by atoms with E-state index in [9.17, 15) is 4.39 Å². The van der Waals surface area contributed by atoms with E-state index in [-0.39, 0.29) is 11.9 Å². The first-order valence-corrected chi connectivity index (χ1v) is 6.99. The number of hydrogen-bond donors (Lipinski definition) is 2. The Morgan fingerprint density at radius 2 is 2.22 bits per heavy atom. The largest absolute Gasteiger partial charge is 0.399 e. The second kappa shape index (κ2) is 4.61. The number of nitrogens with two attached hydrogens (primary N) is 1. The normalized spacial score (nSPS) is 18.4. The molecule has 94 valence electrons. The lowest BCUT2D eigenvalue weighted by atomic mass is 9.94. The Hall–Kier alpha value is -1.55. The lowest BCUT2D eigenvalue weighted by Gasteiger charge is -2.24. The summed E-state index contributed by atoms with van der Waals surface area (Å²) in [4.78, 5) is 1.45. The van der Waals surface area contributed by atoms with Gasteiger partial charge in [0.25, 0.3) is 0 Å². The molecule has 1 unspecified atom stereocenters. The highest BCUT2D eigenvalue weighted by molar-refractivity contribution is 7.10. The molecule has 0 aliphatic heterocycles. The molecule has 18 heavy (non-hydrogen) atoms. The Labute approximate surface area is 110 Å². The summed E-state index contributed by atoms with van der Waals surface area (Å²) >= 11 is 1.81. The van der Waals surface area contributed by atoms with Crippen LogP contribution >= 0.6 is 11.3 Å². The van der Waals surface area contributed by atoms with E-state index in [2.05, 4.69) is 16.8 Å². The maximum Gasteiger partial charge on any atom is 0.127 e. The van der Waals surface area contributed by atoms with Gasteiger partial charge in [-0.05, 0) is 54.5 Å². The predicted molar refractivity (Wildman–Crippen MR) is 74.4 cm³/mol. The average Bonchev–Trinajstić information content (AvgIpc) is 2.76. The van der Waals surface area contributed by atoms with Gasteiger partial charge in [-0.3, -0.25) is 0 Å². The third kappa shape index (κ3) is 2.20. The zero-order chi connectivity index (χ0) is 12.5. The van der Waals surface area contributed by atoms with E-state index in [1.54, 1.807) is 6.07 Å². The highest BCUT2D eigenvalue weighted by Crippen LogP contribution is 2.35. The van der Waals surface area contributed by atoms with Gasteiger partial charge in [0.15, 0.2) is 0 Å². The third-order valence-electron chi connectivity index (χ3n) is 3.31. The summed E-state index contributed by atoms with van der Waals surface area (Å²) in [6.45, 7) is 0. The molecular formula is C14H15FN2S. The van der Waals surface area contributed by atoms with Crippen molar-refractivity contribution in [3.8, 4) is 0 Å². The SMILES string of the molecule is Nc1cc(F)cc(NC2CCCc3sccc32)c1. The van der Waals surface area contributed by atoms with Crippen LogP contribution in [0.2, 0.25) is 0 Å². The van der Waals surface area contributed by atoms with Gasteiger partial charge in [-0.2, -0.15) is 0 Å². The van der Waals surface area contributed by atoms with E-state index in [0.29, 0.717) is 5.69 Å². The minimum Gasteiger partial charge on any atom is -0.399 e. The molecule has 0 amide bonds. The number of benzene rings is 1. The molecule has 4 heteroatoms. The fraction of sp³-hybridized carbons (Fsp3) is 0.286. The zero-order valence-corrected chi connectivity index (χ0v) is 10.8. The van der Waals surface area contributed by atoms with Gasteiger partial charge in [0, 0.05) is 16.3 Å². The van der Waals surface area contributed by atoms with Crippen LogP contribution in [0.25, 0.3) is 0 Å². The summed E-state index contributed by atoms with van der Waals surface area (Å²) < 4.78 is 13.3. The van der Waals surface area contributed by atoms with Gasteiger partial charge in [0.1, 0.15) is 5.82 Å². The van der Waals surface area contributed by atoms with Gasteiger partial charge < -0.3 is 11.1 Å². The van der Waals surface area contributed by atoms with Crippen LogP contribution in [0.3, 0.4) is 0 Å². The Bertz CT molecular complexity index is 544. The van der Waals surface area contributed by atoms with Crippen LogP contribution in [0.5, 0.6) is 0 Å². The number of thiophene rings is 1. The fourth-order valence-electron chi connectivity index (χ4n) is 2.53. The standard InChI is InChI=1S/C14H15FN2S/c15-9-6-10(16)8-11(7-9)17-13-2-1-3-14-12(13)4-5-18-14/h4-8,13,17H,1-3,16H2. The molecule has 1 aliphatic rings. The van der Waals surface area contributed by atoms with Gasteiger partial charge in [-0.15, -0.1) is 11.3 Å². The second-order valence-corrected chi connectivity index (χ2v) is 5.66. The zero-order valence-electron chi connectivity index (χ0n) is 9.95. The van der Waals surface area contributed by atoms with Crippen molar-refractivity contribution in [2.45, 2.75) is 25.3 Å². The van der Waals surface area contributed by atoms with E-state index in [1.807, 2.05) is 11.3 Å². The first-order chi connectivity index (χ1) is 8.72. The first kappa shape index (κ1) is 11.5. The molecule has 0 spiro atoms. The molecule has 0 radical (unpaired) electrons. The Morgan fingerprint density at radius 3 is 3.06 bits per heavy atom. The number of halogens is 1. The molecule has 1 aromatic carbocycles. The van der Waals surface area contributed by atoms with Crippen molar-refractivity contribution in [3.63, 3.8) is 0 Å². The maximum atomic E-state index is 13.3. The Balaban J connectivity index is 1.86. The maximum absolute atomic E-state index is 13.3. The van der Waals surface area contributed by atoms with Crippen molar-refractivity contribution in [2.75, 3.05) is 11.1 Å². The molecule has 3 N–H and O–H groups in total. The fourth-order valence-corrected chi connectivity index (χ4v) is 3.52. The summed E-state index contributed by atoms with van der Waals surface area (Å²) in [7, 11) is 0. The van der Waals surface area contributed by atoms with E-state index in [0.717, 1.165) is 18.5 Å². The highest BCUT2D eigenvalue weighted by Gasteiger charge is 2.21. The number of aryl methyl sites for hydroxylation is 1. The Morgan fingerprint density at radius 1 is 1.33 bits per heavy atom. The lowest BCUT2D eigenvalue weighted by Crippen LogP contribution is -2.15. The lowest BCUT2D eigenvalue weighted by molar-refractivity contribution is 0.605. The molecular weight excluding hydrogens is 247 g/mol. The predicted octanol–water partition coefficient (Wildman–Crippen LogP) is 3.96. The molecule has 0 fully saturated rings. The van der Waals surface area contributed by atoms with Crippen LogP contribution in [0.1, 0.15) is 29.3 Å². The van der Waals surface area contributed by atoms with Crippen LogP contribution in [0.4, 0.5) is 15.8 Å². The molecule has 1 aliphatic carbocycles. The average molecular weight is 262 g/mol. The van der Waals surface area contributed by atoms with Crippen molar-refractivity contribution in [1.82, 2.24) is 0 Å². The highest BCUT2D eigenvalue weighted by atomic mass is 32.1. The number of fused-ring (bicyclic) bond motifs is 1. The molecule has 2 aromatic rings. The molecule has 0 saturated carbocycles. The number of anilines is 2. The van der Waals surface area contributed by atoms with Crippen LogP contribution in [-0.4, -0.2) is 0 Å². The van der Waals surface area contributed by atoms with E-state index in [4.69, 9.17) is 5.73 Å². The number of hydrogen-bond acceptors (Lipinski definition) is 3. The number of nitrogens with one attached hydrogen (secondary N) is 1. The third-order valence-corrected chi connectivity index (χ3v) is 4.31. The van der Waals surface area contributed by atoms with Gasteiger partial charge in [0.05, 0.1) is 6.04 Å². The van der Waals surface area contributed by atoms with Gasteiger partial charge in [-0.1, -0.05) is 0 Å². The van der Waals surface area contributed by atoms with Crippen LogP contribution in [0.15, 0.2) is 29.6 Å². The molecule has 1 heterocycles. The van der Waals surface area contributed by atoms with Crippen LogP contribution < -0.4 is 11.1 Å². The van der Waals surface area contributed by atoms with Crippen LogP contribution in [0, 0.1) is 5.82 Å². The van der Waals surface area contributed by atoms with E-state index >= 15 is 0 Å². The summed E-state index contributed by atoms with van der Waals surface area (Å²) in [5.74, 6) is -0.293. The van der Waals surface area contributed by atoms with Crippen molar-refractivity contribution in [2.24, 2.45) is 0 Å². The summed E-state index contributed by atoms with van der Waals surface area (Å²) in [5, 5.41) is 5.52. The molecule has 1 atom stereocenters. The van der Waals surface area contributed by atoms with Crippen molar-refractivity contribution in [3.05, 3.63) is 45.9 Å². The molecule has 0 saturated heterocycles. The minimum absolute atomic E-state index is 0.279. The van der Waals surface area contributed by atoms with Gasteiger partial charge >= 0.3 is 0 Å². The van der Waals surface area contributed by atoms with E-state index < -0.39 is 0 Å². The topological polar surface area (TPSA) is 38.0 Å². The molecule has 3 rings (SSSR count). The number of rotatable bonds is 2. The van der Waals surface area contributed by atoms with Crippen molar-refractivity contribution >= 4 is 22.7 Å². The summed E-state index contributed by atoms with van der Waals surface area (Å²) in [6.07, 6.45) is 3.42. The second-order valence-electron chi connectivity index (χ2n) is 4.66. The molecule has 0 bridgehead atoms. The minimum atomic E-state index is -0.293. The van der Waals surface area contributed by atoms with Gasteiger partial charge in [-0.25, -0.2) is 4.39 Å². The smallest absolute Gasteiger partial charge is 0.127 e. The quantitative estimate of drug-likeness (QED) is 0.804. The first-order valence-electron chi connectivity index (χ1n) is 6.11. The Kier molecular flexibility index (Phi) is 2.96. The molecule has 2 nitrogen and oxygen atoms in total. The van der Waals surface area contributed by atoms with Crippen molar-refractivity contribution in [1.29, 1.82) is 0 Å². The monoisotopic (exact) mass is 262 g/mol. The van der Waals surface area contributed by atoms with E-state index in [1.165, 1.54) is 29.0 Å². The number of nitrogen functional groups attached to an aromatic ring is 1. The van der Waals surface area contributed by atoms with Crippen molar-refractivity contribution < 1.29 is 4.39 Å². The summed E-state index contributed by atoms with van der Waals surface area (Å²) in [5.41, 5.74) is 8.23. The molecule has 1 aromatic heterocycles.